The van der Waals surface area contributed by atoms with Gasteiger partial charge < -0.3 is 9.31 Å². The first-order chi connectivity index (χ1) is 7.24. The molecule has 1 saturated heterocycles. The largest absolute Gasteiger partial charge is 0.515 e. The van der Waals surface area contributed by atoms with Crippen LogP contribution in [0, 0.1) is 0 Å². The van der Waals surface area contributed by atoms with Crippen LogP contribution in [0.2, 0.25) is 0 Å². The molecule has 1 aliphatic heterocycles. The van der Waals surface area contributed by atoms with E-state index in [2.05, 4.69) is 21.0 Å². The second kappa shape index (κ2) is 3.58. The van der Waals surface area contributed by atoms with Gasteiger partial charge in [-0.1, -0.05) is 0 Å². The Hall–Kier alpha value is -0.325. The fraction of sp³-hybridized carbons (Fsp3) is 0.700. The molecule has 0 spiro atoms. The van der Waals surface area contributed by atoms with Crippen molar-refractivity contribution in [3.05, 3.63) is 10.7 Å². The summed E-state index contributed by atoms with van der Waals surface area (Å²) in [6.45, 7) is 8.16. The monoisotopic (exact) mass is 286 g/mol. The van der Waals surface area contributed by atoms with Crippen LogP contribution in [0.3, 0.4) is 0 Å². The molecule has 88 valence electrons. The molecule has 0 aromatic carbocycles. The molecule has 2 heterocycles. The maximum Gasteiger partial charge on any atom is 0.515 e. The Morgan fingerprint density at radius 3 is 2.12 bits per heavy atom. The van der Waals surface area contributed by atoms with E-state index in [-0.39, 0.29) is 18.3 Å². The van der Waals surface area contributed by atoms with Gasteiger partial charge in [0.05, 0.1) is 27.5 Å². The molecule has 1 fully saturated rings. The Kier molecular flexibility index (Phi) is 2.72. The minimum absolute atomic E-state index is 0.318. The van der Waals surface area contributed by atoms with Crippen LogP contribution in [-0.4, -0.2) is 28.1 Å². The molecule has 0 radical (unpaired) electrons. The van der Waals surface area contributed by atoms with Gasteiger partial charge in [-0.15, -0.1) is 0 Å². The van der Waals surface area contributed by atoms with Gasteiger partial charge in [-0.25, -0.2) is 0 Å². The summed E-state index contributed by atoms with van der Waals surface area (Å²) in [6.07, 6.45) is 1.75. The average Bonchev–Trinajstić information content (AvgIpc) is 2.52. The van der Waals surface area contributed by atoms with E-state index in [4.69, 9.17) is 9.31 Å². The van der Waals surface area contributed by atoms with Crippen LogP contribution >= 0.6 is 15.9 Å². The highest BCUT2D eigenvalue weighted by molar-refractivity contribution is 9.10. The molecule has 4 nitrogen and oxygen atoms in total. The standard InChI is InChI=1S/C10H16BBrN2O2/c1-9(2)10(3,4)16-11(15-9)8-7(12)6-13-14(8)5/h6H,1-5H3. The van der Waals surface area contributed by atoms with Crippen molar-refractivity contribution >= 4 is 28.6 Å². The molecule has 0 aliphatic carbocycles. The quantitative estimate of drug-likeness (QED) is 0.734. The third kappa shape index (κ3) is 1.73. The molecule has 1 aliphatic rings. The third-order valence-corrected chi connectivity index (χ3v) is 4.03. The van der Waals surface area contributed by atoms with Crippen molar-refractivity contribution in [3.63, 3.8) is 0 Å². The molecule has 0 unspecified atom stereocenters. The van der Waals surface area contributed by atoms with E-state index in [9.17, 15) is 0 Å². The van der Waals surface area contributed by atoms with Crippen molar-refractivity contribution in [1.82, 2.24) is 9.78 Å². The number of rotatable bonds is 1. The van der Waals surface area contributed by atoms with Gasteiger partial charge in [0.2, 0.25) is 0 Å². The zero-order valence-electron chi connectivity index (χ0n) is 10.2. The smallest absolute Gasteiger partial charge is 0.398 e. The van der Waals surface area contributed by atoms with E-state index in [1.807, 2.05) is 34.7 Å². The number of aryl methyl sites for hydroxylation is 1. The second-order valence-electron chi connectivity index (χ2n) is 5.09. The van der Waals surface area contributed by atoms with E-state index >= 15 is 0 Å². The molecule has 6 heteroatoms. The lowest BCUT2D eigenvalue weighted by Crippen LogP contribution is -2.41. The maximum atomic E-state index is 5.96. The summed E-state index contributed by atoms with van der Waals surface area (Å²) in [5.74, 6) is 0. The third-order valence-electron chi connectivity index (χ3n) is 3.41. The first kappa shape index (κ1) is 12.1. The average molecular weight is 287 g/mol. The topological polar surface area (TPSA) is 36.3 Å². The van der Waals surface area contributed by atoms with Gasteiger partial charge in [0.15, 0.2) is 0 Å². The summed E-state index contributed by atoms with van der Waals surface area (Å²) in [7, 11) is 1.51. The van der Waals surface area contributed by atoms with E-state index in [1.54, 1.807) is 10.9 Å². The van der Waals surface area contributed by atoms with Crippen molar-refractivity contribution in [2.75, 3.05) is 0 Å². The van der Waals surface area contributed by atoms with Crippen LogP contribution in [-0.2, 0) is 16.4 Å². The maximum absolute atomic E-state index is 5.96. The summed E-state index contributed by atoms with van der Waals surface area (Å²) in [4.78, 5) is 0. The summed E-state index contributed by atoms with van der Waals surface area (Å²) < 4.78 is 14.6. The van der Waals surface area contributed by atoms with Crippen molar-refractivity contribution in [3.8, 4) is 0 Å². The zero-order valence-corrected chi connectivity index (χ0v) is 11.8. The molecule has 1 aromatic heterocycles. The van der Waals surface area contributed by atoms with E-state index in [1.165, 1.54) is 0 Å². The van der Waals surface area contributed by atoms with Gasteiger partial charge in [-0.3, -0.25) is 4.68 Å². The summed E-state index contributed by atoms with van der Waals surface area (Å²) in [5, 5.41) is 4.17. The van der Waals surface area contributed by atoms with Crippen LogP contribution in [0.25, 0.3) is 0 Å². The second-order valence-corrected chi connectivity index (χ2v) is 5.94. The predicted molar refractivity (Wildman–Crippen MR) is 66.6 cm³/mol. The lowest BCUT2D eigenvalue weighted by Gasteiger charge is -2.32. The molecule has 16 heavy (non-hydrogen) atoms. The van der Waals surface area contributed by atoms with Gasteiger partial charge in [-0.05, 0) is 43.6 Å². The molecule has 0 atom stereocenters. The number of halogens is 1. The highest BCUT2D eigenvalue weighted by Gasteiger charge is 2.53. The zero-order chi connectivity index (χ0) is 12.1. The van der Waals surface area contributed by atoms with Gasteiger partial charge >= 0.3 is 7.12 Å². The number of nitrogens with zero attached hydrogens (tertiary/aromatic N) is 2. The van der Waals surface area contributed by atoms with Crippen LogP contribution in [0.1, 0.15) is 27.7 Å². The van der Waals surface area contributed by atoms with Gasteiger partial charge in [0.1, 0.15) is 0 Å². The lowest BCUT2D eigenvalue weighted by atomic mass is 9.85. The Bertz CT molecular complexity index is 381. The van der Waals surface area contributed by atoms with E-state index in [0.29, 0.717) is 0 Å². The Labute approximate surface area is 105 Å². The first-order valence-corrected chi connectivity index (χ1v) is 6.07. The van der Waals surface area contributed by atoms with Crippen molar-refractivity contribution in [1.29, 1.82) is 0 Å². The fourth-order valence-electron chi connectivity index (χ4n) is 1.64. The van der Waals surface area contributed by atoms with Gasteiger partial charge in [0.25, 0.3) is 0 Å². The number of hydrogen-bond donors (Lipinski definition) is 0. The molecule has 1 aromatic rings. The van der Waals surface area contributed by atoms with Crippen LogP contribution < -0.4 is 5.59 Å². The molecule has 2 rings (SSSR count). The minimum Gasteiger partial charge on any atom is -0.398 e. The number of aromatic nitrogens is 2. The first-order valence-electron chi connectivity index (χ1n) is 5.28. The molecule has 0 amide bonds. The lowest BCUT2D eigenvalue weighted by molar-refractivity contribution is 0.00578. The Morgan fingerprint density at radius 2 is 1.75 bits per heavy atom. The highest BCUT2D eigenvalue weighted by Crippen LogP contribution is 2.36. The molecule has 0 N–H and O–H groups in total. The normalized spacial score (nSPS) is 22.8. The number of hydrogen-bond acceptors (Lipinski definition) is 3. The van der Waals surface area contributed by atoms with Crippen LogP contribution in [0.5, 0.6) is 0 Å². The molecular weight excluding hydrogens is 271 g/mol. The van der Waals surface area contributed by atoms with E-state index in [0.717, 1.165) is 10.1 Å². The van der Waals surface area contributed by atoms with Crippen molar-refractivity contribution in [2.24, 2.45) is 7.05 Å². The van der Waals surface area contributed by atoms with Crippen molar-refractivity contribution < 1.29 is 9.31 Å². The van der Waals surface area contributed by atoms with Gasteiger partial charge in [-0.2, -0.15) is 5.10 Å². The SMILES string of the molecule is Cn1ncc(Br)c1B1OC(C)(C)C(C)(C)O1. The molecule has 0 bridgehead atoms. The van der Waals surface area contributed by atoms with Gasteiger partial charge in [0, 0.05) is 7.05 Å². The Balaban J connectivity index is 2.34. The summed E-state index contributed by atoms with van der Waals surface area (Å²) >= 11 is 3.46. The summed E-state index contributed by atoms with van der Waals surface area (Å²) in [6, 6.07) is 0. The van der Waals surface area contributed by atoms with Crippen LogP contribution in [0.15, 0.2) is 10.7 Å². The molecular formula is C10H16BBrN2O2. The van der Waals surface area contributed by atoms with Crippen LogP contribution in [0.4, 0.5) is 0 Å². The van der Waals surface area contributed by atoms with E-state index < -0.39 is 0 Å². The highest BCUT2D eigenvalue weighted by atomic mass is 79.9. The molecule has 0 saturated carbocycles. The Morgan fingerprint density at radius 1 is 1.25 bits per heavy atom. The van der Waals surface area contributed by atoms with Crippen molar-refractivity contribution in [2.45, 2.75) is 38.9 Å². The summed E-state index contributed by atoms with van der Waals surface area (Å²) in [5.41, 5.74) is 0.279. The minimum atomic E-state index is -0.369. The fourth-order valence-corrected chi connectivity index (χ4v) is 2.18. The predicted octanol–water partition coefficient (Wildman–Crippen LogP) is 1.48.